The van der Waals surface area contributed by atoms with E-state index in [1.807, 2.05) is 23.6 Å². The van der Waals surface area contributed by atoms with E-state index in [4.69, 9.17) is 14.5 Å². The molecule has 3 N–H and O–H groups in total. The van der Waals surface area contributed by atoms with E-state index in [0.29, 0.717) is 40.5 Å². The minimum atomic E-state index is -1.44. The Morgan fingerprint density at radius 3 is 2.71 bits per heavy atom. The monoisotopic (exact) mass is 679 g/mol. The first-order chi connectivity index (χ1) is 22.8. The molecule has 5 heterocycles. The molecule has 256 valence electrons. The predicted molar refractivity (Wildman–Crippen MR) is 176 cm³/mol. The number of alkyl carbamates (subject to hydrolysis) is 1. The molecule has 15 heteroatoms. The third kappa shape index (κ3) is 7.00. The van der Waals surface area contributed by atoms with Gasteiger partial charge < -0.3 is 30.1 Å². The van der Waals surface area contributed by atoms with Crippen molar-refractivity contribution in [2.45, 2.75) is 95.0 Å². The SMILES string of the molecule is Cn1nccc1-c1nc(O[C@@H]2C[C@H]3C(=O)N[C@]4(C(=O)O)C[C@H]4/C=C\CCCCC[C@H](NC(=O)OC(C)(C)C)C(=O)N3C2)c2sccc2n1. The molecule has 0 bridgehead atoms. The first kappa shape index (κ1) is 33.4. The number of carboxylic acids is 1. The zero-order chi connectivity index (χ0) is 34.2. The second-order valence-electron chi connectivity index (χ2n) is 13.7. The van der Waals surface area contributed by atoms with Gasteiger partial charge in [-0.25, -0.2) is 14.6 Å². The summed E-state index contributed by atoms with van der Waals surface area (Å²) in [5.74, 6) is -1.79. The lowest BCUT2D eigenvalue weighted by atomic mass is 10.0. The fourth-order valence-electron chi connectivity index (χ4n) is 6.38. The quantitative estimate of drug-likeness (QED) is 0.336. The molecule has 3 aromatic rings. The van der Waals surface area contributed by atoms with Gasteiger partial charge in [0, 0.05) is 25.6 Å². The number of nitrogens with zero attached hydrogens (tertiary/aromatic N) is 5. The normalized spacial score (nSPS) is 27.2. The lowest BCUT2D eigenvalue weighted by Gasteiger charge is -2.30. The van der Waals surface area contributed by atoms with Crippen LogP contribution in [0.3, 0.4) is 0 Å². The molecular weight excluding hydrogens is 638 g/mol. The van der Waals surface area contributed by atoms with Crippen LogP contribution in [0.5, 0.6) is 5.88 Å². The number of nitrogens with one attached hydrogen (secondary N) is 2. The maximum Gasteiger partial charge on any atom is 0.408 e. The van der Waals surface area contributed by atoms with Gasteiger partial charge >= 0.3 is 12.1 Å². The number of aromatic nitrogens is 4. The van der Waals surface area contributed by atoms with Crippen LogP contribution in [0.4, 0.5) is 4.79 Å². The van der Waals surface area contributed by atoms with E-state index in [9.17, 15) is 24.3 Å². The van der Waals surface area contributed by atoms with Crippen molar-refractivity contribution in [3.8, 4) is 17.4 Å². The van der Waals surface area contributed by atoms with E-state index in [-0.39, 0.29) is 25.3 Å². The summed E-state index contributed by atoms with van der Waals surface area (Å²) in [7, 11) is 1.79. The number of carbonyl (C=O) groups is 4. The number of hydrogen-bond donors (Lipinski definition) is 3. The van der Waals surface area contributed by atoms with Crippen molar-refractivity contribution in [3.63, 3.8) is 0 Å². The highest BCUT2D eigenvalue weighted by Gasteiger charge is 2.61. The van der Waals surface area contributed by atoms with Gasteiger partial charge in [-0.3, -0.25) is 14.3 Å². The first-order valence-electron chi connectivity index (χ1n) is 16.3. The highest BCUT2D eigenvalue weighted by atomic mass is 32.1. The molecule has 0 aromatic carbocycles. The molecule has 5 atom stereocenters. The van der Waals surface area contributed by atoms with E-state index < -0.39 is 53.2 Å². The zero-order valence-electron chi connectivity index (χ0n) is 27.5. The number of rotatable bonds is 5. The second-order valence-corrected chi connectivity index (χ2v) is 14.6. The Morgan fingerprint density at radius 2 is 1.98 bits per heavy atom. The number of hydrogen-bond acceptors (Lipinski definition) is 10. The molecule has 2 aliphatic heterocycles. The van der Waals surface area contributed by atoms with Crippen molar-refractivity contribution in [3.05, 3.63) is 35.9 Å². The van der Waals surface area contributed by atoms with E-state index in [1.54, 1.807) is 44.8 Å². The summed E-state index contributed by atoms with van der Waals surface area (Å²) in [5, 5.41) is 21.8. The van der Waals surface area contributed by atoms with Gasteiger partial charge in [0.05, 0.1) is 12.1 Å². The number of allylic oxidation sites excluding steroid dienone is 1. The molecule has 0 unspecified atom stereocenters. The van der Waals surface area contributed by atoms with Gasteiger partial charge in [0.25, 0.3) is 0 Å². The number of aryl methyl sites for hydroxylation is 1. The van der Waals surface area contributed by atoms with Crippen molar-refractivity contribution in [2.24, 2.45) is 13.0 Å². The molecule has 2 fully saturated rings. The number of carboxylic acid groups (broad SMARTS) is 1. The van der Waals surface area contributed by atoms with Crippen LogP contribution < -0.4 is 15.4 Å². The van der Waals surface area contributed by atoms with Gasteiger partial charge in [0.1, 0.15) is 39.7 Å². The van der Waals surface area contributed by atoms with Crippen LogP contribution in [0.1, 0.15) is 65.7 Å². The molecular formula is C33H41N7O7S. The van der Waals surface area contributed by atoms with E-state index in [1.165, 1.54) is 16.2 Å². The van der Waals surface area contributed by atoms with E-state index in [0.717, 1.165) is 19.3 Å². The van der Waals surface area contributed by atoms with Crippen LogP contribution in [-0.2, 0) is 26.2 Å². The smallest absolute Gasteiger partial charge is 0.408 e. The molecule has 48 heavy (non-hydrogen) atoms. The lowest BCUT2D eigenvalue weighted by molar-refractivity contribution is -0.145. The fourth-order valence-corrected chi connectivity index (χ4v) is 7.14. The van der Waals surface area contributed by atoms with Gasteiger partial charge in [-0.2, -0.15) is 10.1 Å². The standard InChI is InChI=1S/C33H41N7O7S/c1-32(2,3)47-31(45)36-22-11-9-7-5-6-8-10-19-17-33(19,30(43)44)38-27(41)24-16-20(18-40(24)29(22)42)46-28-25-21(13-15-48-25)35-26(37-28)23-12-14-34-39(23)4/h8,10,12-15,19-20,22,24H,5-7,9,11,16-18H2,1-4H3,(H,36,45)(H,38,41)(H,43,44)/b10-8-/t19-,20-,22+,24+,33-/m1/s1. The van der Waals surface area contributed by atoms with Crippen molar-refractivity contribution in [2.75, 3.05) is 6.54 Å². The van der Waals surface area contributed by atoms with Gasteiger partial charge in [-0.15, -0.1) is 11.3 Å². The summed E-state index contributed by atoms with van der Waals surface area (Å²) in [6, 6.07) is 1.65. The number of aliphatic carboxylic acids is 1. The van der Waals surface area contributed by atoms with Gasteiger partial charge in [0.15, 0.2) is 5.82 Å². The fraction of sp³-hybridized carbons (Fsp3) is 0.545. The van der Waals surface area contributed by atoms with Crippen LogP contribution in [0.15, 0.2) is 35.9 Å². The highest BCUT2D eigenvalue weighted by Crippen LogP contribution is 2.45. The second kappa shape index (κ2) is 13.2. The van der Waals surface area contributed by atoms with E-state index in [2.05, 4.69) is 20.7 Å². The third-order valence-electron chi connectivity index (χ3n) is 8.91. The topological polar surface area (TPSA) is 178 Å². The van der Waals surface area contributed by atoms with Gasteiger partial charge in [0.2, 0.25) is 17.7 Å². The molecule has 1 saturated heterocycles. The molecule has 1 aliphatic carbocycles. The van der Waals surface area contributed by atoms with Crippen molar-refractivity contribution in [1.29, 1.82) is 0 Å². The highest BCUT2D eigenvalue weighted by molar-refractivity contribution is 7.17. The molecule has 3 amide bonds. The Balaban J connectivity index is 1.32. The van der Waals surface area contributed by atoms with Crippen molar-refractivity contribution >= 4 is 45.4 Å². The van der Waals surface area contributed by atoms with Crippen molar-refractivity contribution in [1.82, 2.24) is 35.3 Å². The Kier molecular flexibility index (Phi) is 9.16. The summed E-state index contributed by atoms with van der Waals surface area (Å²) in [4.78, 5) is 64.3. The number of amides is 3. The Labute approximate surface area is 281 Å². The van der Waals surface area contributed by atoms with Crippen LogP contribution in [0, 0.1) is 5.92 Å². The van der Waals surface area contributed by atoms with Gasteiger partial charge in [-0.05, 0) is 64.0 Å². The average molecular weight is 680 g/mol. The third-order valence-corrected chi connectivity index (χ3v) is 9.80. The largest absolute Gasteiger partial charge is 0.479 e. The molecule has 3 aromatic heterocycles. The van der Waals surface area contributed by atoms with Gasteiger partial charge in [-0.1, -0.05) is 25.0 Å². The molecule has 1 saturated carbocycles. The first-order valence-corrected chi connectivity index (χ1v) is 17.1. The molecule has 3 aliphatic rings. The summed E-state index contributed by atoms with van der Waals surface area (Å²) in [5.41, 5.74) is -0.854. The minimum absolute atomic E-state index is 0.0186. The lowest BCUT2D eigenvalue weighted by Crippen LogP contribution is -2.56. The van der Waals surface area contributed by atoms with Crippen LogP contribution in [0.2, 0.25) is 0 Å². The maximum atomic E-state index is 14.3. The minimum Gasteiger partial charge on any atom is -0.479 e. The molecule has 6 rings (SSSR count). The Hall–Kier alpha value is -4.53. The molecule has 14 nitrogen and oxygen atoms in total. The summed E-state index contributed by atoms with van der Waals surface area (Å²) in [6.07, 6.45) is 7.81. The number of ether oxygens (including phenoxy) is 2. The van der Waals surface area contributed by atoms with Crippen molar-refractivity contribution < 1.29 is 33.8 Å². The Morgan fingerprint density at radius 1 is 1.17 bits per heavy atom. The average Bonchev–Trinajstić information content (AvgIpc) is 3.40. The number of carbonyl (C=O) groups excluding carboxylic acids is 3. The molecule has 0 radical (unpaired) electrons. The molecule has 0 spiro atoms. The van der Waals surface area contributed by atoms with Crippen LogP contribution in [0.25, 0.3) is 21.7 Å². The maximum absolute atomic E-state index is 14.3. The predicted octanol–water partition coefficient (Wildman–Crippen LogP) is 3.81. The van der Waals surface area contributed by atoms with Crippen LogP contribution in [-0.4, -0.2) is 89.5 Å². The summed E-state index contributed by atoms with van der Waals surface area (Å²) in [6.45, 7) is 5.23. The zero-order valence-corrected chi connectivity index (χ0v) is 28.3. The Bertz CT molecular complexity index is 1750. The number of fused-ring (bicyclic) bond motifs is 3. The summed E-state index contributed by atoms with van der Waals surface area (Å²) >= 11 is 1.41. The van der Waals surface area contributed by atoms with E-state index >= 15 is 0 Å². The number of thiophene rings is 1. The van der Waals surface area contributed by atoms with Crippen LogP contribution >= 0.6 is 11.3 Å². The summed E-state index contributed by atoms with van der Waals surface area (Å²) < 4.78 is 14.3.